The number of ether oxygens (including phenoxy) is 3. The van der Waals surface area contributed by atoms with Crippen LogP contribution in [0.2, 0.25) is 0 Å². The van der Waals surface area contributed by atoms with Crippen LogP contribution in [0.15, 0.2) is 36.9 Å². The molecule has 0 aromatic heterocycles. The van der Waals surface area contributed by atoms with Gasteiger partial charge in [0.25, 0.3) is 5.69 Å². The van der Waals surface area contributed by atoms with E-state index in [9.17, 15) is 14.9 Å². The third-order valence-electron chi connectivity index (χ3n) is 2.65. The van der Waals surface area contributed by atoms with Gasteiger partial charge in [-0.1, -0.05) is 6.08 Å². The van der Waals surface area contributed by atoms with Gasteiger partial charge in [0, 0.05) is 18.6 Å². The van der Waals surface area contributed by atoms with Gasteiger partial charge in [-0.3, -0.25) is 10.1 Å². The van der Waals surface area contributed by atoms with E-state index in [1.54, 1.807) is 13.0 Å². The maximum absolute atomic E-state index is 11.5. The third kappa shape index (κ3) is 6.36. The lowest BCUT2D eigenvalue weighted by Gasteiger charge is -2.11. The molecule has 0 fully saturated rings. The average molecular weight is 309 g/mol. The molecule has 0 saturated heterocycles. The highest BCUT2D eigenvalue weighted by Gasteiger charge is 2.13. The van der Waals surface area contributed by atoms with E-state index in [0.717, 1.165) is 0 Å². The number of esters is 1. The minimum absolute atomic E-state index is 0.00907. The normalized spacial score (nSPS) is 11.5. The summed E-state index contributed by atoms with van der Waals surface area (Å²) < 4.78 is 15.5. The molecule has 7 nitrogen and oxygen atoms in total. The first-order valence-corrected chi connectivity index (χ1v) is 6.81. The molecule has 0 heterocycles. The summed E-state index contributed by atoms with van der Waals surface area (Å²) in [4.78, 5) is 21.5. The number of nitro benzene ring substituents is 1. The van der Waals surface area contributed by atoms with Crippen molar-refractivity contribution >= 4 is 11.7 Å². The Balaban J connectivity index is 2.18. The fourth-order valence-electron chi connectivity index (χ4n) is 1.48. The largest absolute Gasteiger partial charge is 0.493 e. The van der Waals surface area contributed by atoms with Crippen LogP contribution in [0.3, 0.4) is 0 Å². The molecule has 1 aromatic carbocycles. The number of hydrogen-bond acceptors (Lipinski definition) is 6. The summed E-state index contributed by atoms with van der Waals surface area (Å²) in [6, 6.07) is 5.78. The number of carbonyl (C=O) groups excluding carboxylic acids is 1. The minimum Gasteiger partial charge on any atom is -0.493 e. The van der Waals surface area contributed by atoms with E-state index in [1.807, 2.05) is 0 Å². The SMILES string of the molecule is C=CCOC(C)C(=O)OCCCOc1ccc([N+](=O)[O-])cc1. The fraction of sp³-hybridized carbons (Fsp3) is 0.400. The number of rotatable bonds is 10. The van der Waals surface area contributed by atoms with Crippen LogP contribution in [0.25, 0.3) is 0 Å². The molecule has 0 saturated carbocycles. The number of carbonyl (C=O) groups is 1. The molecule has 0 amide bonds. The molecule has 0 bridgehead atoms. The molecule has 22 heavy (non-hydrogen) atoms. The van der Waals surface area contributed by atoms with Gasteiger partial charge in [-0.25, -0.2) is 4.79 Å². The quantitative estimate of drug-likeness (QED) is 0.217. The Labute approximate surface area is 128 Å². The molecular weight excluding hydrogens is 290 g/mol. The standard InChI is InChI=1S/C15H19NO6/c1-3-9-20-12(2)15(17)22-11-4-10-21-14-7-5-13(6-8-14)16(18)19/h3,5-8,12H,1,4,9-11H2,2H3. The number of hydrogen-bond donors (Lipinski definition) is 0. The first-order valence-electron chi connectivity index (χ1n) is 6.81. The Bertz CT molecular complexity index is 499. The summed E-state index contributed by atoms with van der Waals surface area (Å²) >= 11 is 0. The highest BCUT2D eigenvalue weighted by Crippen LogP contribution is 2.17. The lowest BCUT2D eigenvalue weighted by Crippen LogP contribution is -2.24. The van der Waals surface area contributed by atoms with E-state index in [4.69, 9.17) is 14.2 Å². The van der Waals surface area contributed by atoms with Gasteiger partial charge in [0.2, 0.25) is 0 Å². The summed E-state index contributed by atoms with van der Waals surface area (Å²) in [7, 11) is 0. The molecule has 1 rings (SSSR count). The van der Waals surface area contributed by atoms with E-state index in [0.29, 0.717) is 25.4 Å². The highest BCUT2D eigenvalue weighted by atomic mass is 16.6. The maximum atomic E-state index is 11.5. The highest BCUT2D eigenvalue weighted by molar-refractivity contribution is 5.74. The Morgan fingerprint density at radius 2 is 2.05 bits per heavy atom. The van der Waals surface area contributed by atoms with Crippen LogP contribution in [0, 0.1) is 10.1 Å². The molecule has 0 aliphatic rings. The lowest BCUT2D eigenvalue weighted by molar-refractivity contribution is -0.384. The van der Waals surface area contributed by atoms with Gasteiger partial charge in [-0.05, 0) is 19.1 Å². The molecule has 1 aromatic rings. The zero-order valence-corrected chi connectivity index (χ0v) is 12.4. The van der Waals surface area contributed by atoms with Crippen LogP contribution in [0.5, 0.6) is 5.75 Å². The molecule has 0 aliphatic heterocycles. The monoisotopic (exact) mass is 309 g/mol. The Morgan fingerprint density at radius 1 is 1.36 bits per heavy atom. The first kappa shape index (κ1) is 17.6. The smallest absolute Gasteiger partial charge is 0.334 e. The van der Waals surface area contributed by atoms with Crippen molar-refractivity contribution in [3.05, 3.63) is 47.0 Å². The maximum Gasteiger partial charge on any atom is 0.334 e. The topological polar surface area (TPSA) is 87.9 Å². The number of nitro groups is 1. The molecule has 7 heteroatoms. The second kappa shape index (κ2) is 9.51. The van der Waals surface area contributed by atoms with Crippen LogP contribution >= 0.6 is 0 Å². The zero-order chi connectivity index (χ0) is 16.4. The van der Waals surface area contributed by atoms with Gasteiger partial charge in [0.1, 0.15) is 5.75 Å². The van der Waals surface area contributed by atoms with Crippen LogP contribution < -0.4 is 4.74 Å². The first-order chi connectivity index (χ1) is 10.5. The van der Waals surface area contributed by atoms with E-state index >= 15 is 0 Å². The average Bonchev–Trinajstić information content (AvgIpc) is 2.52. The van der Waals surface area contributed by atoms with Crippen molar-refractivity contribution in [1.29, 1.82) is 0 Å². The third-order valence-corrected chi connectivity index (χ3v) is 2.65. The Morgan fingerprint density at radius 3 is 2.64 bits per heavy atom. The molecule has 120 valence electrons. The van der Waals surface area contributed by atoms with Gasteiger partial charge >= 0.3 is 5.97 Å². The zero-order valence-electron chi connectivity index (χ0n) is 12.4. The minimum atomic E-state index is -0.631. The van der Waals surface area contributed by atoms with Crippen molar-refractivity contribution in [3.63, 3.8) is 0 Å². The van der Waals surface area contributed by atoms with Crippen molar-refractivity contribution < 1.29 is 23.9 Å². The number of benzene rings is 1. The van der Waals surface area contributed by atoms with Crippen LogP contribution in [-0.4, -0.2) is 36.8 Å². The van der Waals surface area contributed by atoms with Crippen molar-refractivity contribution in [1.82, 2.24) is 0 Å². The van der Waals surface area contributed by atoms with E-state index in [2.05, 4.69) is 6.58 Å². The van der Waals surface area contributed by atoms with Gasteiger partial charge in [0.05, 0.1) is 24.7 Å². The Hall–Kier alpha value is -2.41. The number of nitrogens with zero attached hydrogens (tertiary/aromatic N) is 1. The second-order valence-corrected chi connectivity index (χ2v) is 4.38. The van der Waals surface area contributed by atoms with Crippen molar-refractivity contribution in [3.8, 4) is 5.75 Å². The van der Waals surface area contributed by atoms with E-state index in [-0.39, 0.29) is 12.3 Å². The van der Waals surface area contributed by atoms with Gasteiger partial charge in [-0.15, -0.1) is 6.58 Å². The fourth-order valence-corrected chi connectivity index (χ4v) is 1.48. The molecule has 0 aliphatic carbocycles. The summed E-state index contributed by atoms with van der Waals surface area (Å²) in [6.07, 6.45) is 1.44. The van der Waals surface area contributed by atoms with Crippen LogP contribution in [0.1, 0.15) is 13.3 Å². The van der Waals surface area contributed by atoms with Gasteiger partial charge < -0.3 is 14.2 Å². The van der Waals surface area contributed by atoms with Crippen molar-refractivity contribution in [2.24, 2.45) is 0 Å². The summed E-state index contributed by atoms with van der Waals surface area (Å²) in [5.74, 6) is 0.0943. The van der Waals surface area contributed by atoms with Gasteiger partial charge in [0.15, 0.2) is 6.10 Å². The van der Waals surface area contributed by atoms with E-state index < -0.39 is 17.0 Å². The van der Waals surface area contributed by atoms with Crippen molar-refractivity contribution in [2.45, 2.75) is 19.4 Å². The summed E-state index contributed by atoms with van der Waals surface area (Å²) in [6.45, 7) is 5.95. The summed E-state index contributed by atoms with van der Waals surface area (Å²) in [5, 5.41) is 10.5. The van der Waals surface area contributed by atoms with Crippen molar-refractivity contribution in [2.75, 3.05) is 19.8 Å². The summed E-state index contributed by atoms with van der Waals surface area (Å²) in [5.41, 5.74) is 0.00907. The van der Waals surface area contributed by atoms with E-state index in [1.165, 1.54) is 24.3 Å². The van der Waals surface area contributed by atoms with Crippen LogP contribution in [-0.2, 0) is 14.3 Å². The molecule has 0 radical (unpaired) electrons. The van der Waals surface area contributed by atoms with Gasteiger partial charge in [-0.2, -0.15) is 0 Å². The molecule has 0 N–H and O–H groups in total. The molecular formula is C15H19NO6. The predicted octanol–water partition coefficient (Wildman–Crippen LogP) is 2.50. The molecule has 1 unspecified atom stereocenters. The number of non-ortho nitro benzene ring substituents is 1. The Kier molecular flexibility index (Phi) is 7.63. The second-order valence-electron chi connectivity index (χ2n) is 4.38. The van der Waals surface area contributed by atoms with Crippen LogP contribution in [0.4, 0.5) is 5.69 Å². The predicted molar refractivity (Wildman–Crippen MR) is 79.8 cm³/mol. The molecule has 1 atom stereocenters. The lowest BCUT2D eigenvalue weighted by atomic mass is 10.3. The molecule has 0 spiro atoms.